The summed E-state index contributed by atoms with van der Waals surface area (Å²) in [6.45, 7) is 0.458. The van der Waals surface area contributed by atoms with Crippen LogP contribution in [0.15, 0.2) is 42.6 Å². The van der Waals surface area contributed by atoms with Crippen LogP contribution < -0.4 is 15.8 Å². The molecule has 1 atom stereocenters. The maximum Gasteiger partial charge on any atom is 0.270 e. The van der Waals surface area contributed by atoms with Crippen molar-refractivity contribution in [1.29, 1.82) is 0 Å². The molecule has 5 heteroatoms. The van der Waals surface area contributed by atoms with Gasteiger partial charge in [0, 0.05) is 6.42 Å². The Morgan fingerprint density at radius 1 is 1.35 bits per heavy atom. The Morgan fingerprint density at radius 2 is 2.20 bits per heavy atom. The normalized spacial score (nSPS) is 16.3. The van der Waals surface area contributed by atoms with Crippen molar-refractivity contribution in [2.24, 2.45) is 0 Å². The van der Waals surface area contributed by atoms with Crippen LogP contribution in [0.3, 0.4) is 0 Å². The fraction of sp³-hybridized carbons (Fsp3) is 0.200. The Bertz CT molecular complexity index is 600. The summed E-state index contributed by atoms with van der Waals surface area (Å²) in [5.74, 6) is 0.682. The van der Waals surface area contributed by atoms with Gasteiger partial charge in [-0.2, -0.15) is 0 Å². The number of aromatic nitrogens is 1. The third kappa shape index (κ3) is 2.56. The summed E-state index contributed by atoms with van der Waals surface area (Å²) in [6, 6.07) is 11.2. The number of ether oxygens (including phenoxy) is 1. The largest absolute Gasteiger partial charge is 0.488 e. The number of nitrogens with one attached hydrogen (secondary N) is 1. The number of rotatable bonds is 3. The van der Waals surface area contributed by atoms with E-state index in [1.165, 1.54) is 11.8 Å². The zero-order chi connectivity index (χ0) is 13.9. The number of pyridine rings is 1. The van der Waals surface area contributed by atoms with Crippen molar-refractivity contribution in [2.75, 3.05) is 12.3 Å². The minimum absolute atomic E-state index is 0.0230. The van der Waals surface area contributed by atoms with Gasteiger partial charge in [-0.25, -0.2) is 4.98 Å². The Balaban J connectivity index is 1.56. The maximum atomic E-state index is 11.9. The van der Waals surface area contributed by atoms with Crippen molar-refractivity contribution in [3.8, 4) is 5.75 Å². The second kappa shape index (κ2) is 5.21. The molecule has 0 aliphatic carbocycles. The smallest absolute Gasteiger partial charge is 0.270 e. The molecule has 3 rings (SSSR count). The predicted molar refractivity (Wildman–Crippen MR) is 75.5 cm³/mol. The van der Waals surface area contributed by atoms with Gasteiger partial charge in [-0.15, -0.1) is 0 Å². The van der Waals surface area contributed by atoms with Gasteiger partial charge >= 0.3 is 0 Å². The number of carbonyl (C=O) groups excluding carboxylic acids is 1. The van der Waals surface area contributed by atoms with Gasteiger partial charge in [0.2, 0.25) is 0 Å². The molecule has 2 heterocycles. The number of nitrogens with zero attached hydrogens (tertiary/aromatic N) is 1. The van der Waals surface area contributed by atoms with Crippen LogP contribution in [0.1, 0.15) is 16.1 Å². The van der Waals surface area contributed by atoms with Crippen LogP contribution in [0.2, 0.25) is 0 Å². The number of nitrogen functional groups attached to an aromatic ring is 1. The monoisotopic (exact) mass is 269 g/mol. The first kappa shape index (κ1) is 12.5. The van der Waals surface area contributed by atoms with E-state index in [0.717, 1.165) is 12.2 Å². The van der Waals surface area contributed by atoms with Gasteiger partial charge in [-0.3, -0.25) is 4.79 Å². The van der Waals surface area contributed by atoms with E-state index in [2.05, 4.69) is 10.3 Å². The van der Waals surface area contributed by atoms with Gasteiger partial charge < -0.3 is 15.8 Å². The Morgan fingerprint density at radius 3 is 2.95 bits per heavy atom. The summed E-state index contributed by atoms with van der Waals surface area (Å²) in [5.41, 5.74) is 7.61. The van der Waals surface area contributed by atoms with E-state index in [0.29, 0.717) is 17.9 Å². The lowest BCUT2D eigenvalue weighted by Crippen LogP contribution is -2.34. The van der Waals surface area contributed by atoms with E-state index < -0.39 is 0 Å². The summed E-state index contributed by atoms with van der Waals surface area (Å²) in [7, 11) is 0. The number of amides is 1. The minimum Gasteiger partial charge on any atom is -0.488 e. The molecular formula is C15H15N3O2. The van der Waals surface area contributed by atoms with Gasteiger partial charge in [0.1, 0.15) is 17.5 Å². The number of anilines is 1. The van der Waals surface area contributed by atoms with Crippen LogP contribution in [-0.4, -0.2) is 23.5 Å². The zero-order valence-electron chi connectivity index (χ0n) is 10.9. The molecular weight excluding hydrogens is 254 g/mol. The lowest BCUT2D eigenvalue weighted by Gasteiger charge is -2.11. The molecule has 3 N–H and O–H groups in total. The number of fused-ring (bicyclic) bond motifs is 1. The highest BCUT2D eigenvalue weighted by Crippen LogP contribution is 2.27. The lowest BCUT2D eigenvalue weighted by atomic mass is 10.1. The highest BCUT2D eigenvalue weighted by Gasteiger charge is 2.22. The van der Waals surface area contributed by atoms with Crippen LogP contribution in [0.5, 0.6) is 5.75 Å². The van der Waals surface area contributed by atoms with Gasteiger partial charge in [0.25, 0.3) is 5.91 Å². The molecule has 1 aromatic carbocycles. The van der Waals surface area contributed by atoms with Crippen molar-refractivity contribution >= 4 is 11.6 Å². The van der Waals surface area contributed by atoms with E-state index >= 15 is 0 Å². The Kier molecular flexibility index (Phi) is 3.25. The van der Waals surface area contributed by atoms with Gasteiger partial charge in [-0.05, 0) is 23.8 Å². The fourth-order valence-corrected chi connectivity index (χ4v) is 2.20. The van der Waals surface area contributed by atoms with E-state index in [1.807, 2.05) is 24.3 Å². The van der Waals surface area contributed by atoms with Crippen LogP contribution in [0.25, 0.3) is 0 Å². The number of hydrogen-bond acceptors (Lipinski definition) is 4. The third-order valence-electron chi connectivity index (χ3n) is 3.22. The Hall–Kier alpha value is -2.56. The molecule has 102 valence electrons. The number of nitrogens with two attached hydrogens (primary N) is 1. The maximum absolute atomic E-state index is 11.9. The molecule has 0 saturated heterocycles. The molecule has 2 aromatic rings. The summed E-state index contributed by atoms with van der Waals surface area (Å²) < 4.78 is 5.76. The van der Waals surface area contributed by atoms with Crippen molar-refractivity contribution < 1.29 is 9.53 Å². The summed E-state index contributed by atoms with van der Waals surface area (Å²) in [6.07, 6.45) is 2.26. The standard InChI is InChI=1S/C15H15N3O2/c16-11-5-6-13(17-8-11)15(19)18-9-12-7-10-3-1-2-4-14(10)20-12/h1-6,8,12H,7,9,16H2,(H,18,19). The molecule has 0 radical (unpaired) electrons. The summed E-state index contributed by atoms with van der Waals surface area (Å²) in [4.78, 5) is 15.9. The number of carbonyl (C=O) groups is 1. The average molecular weight is 269 g/mol. The fourth-order valence-electron chi connectivity index (χ4n) is 2.20. The molecule has 1 aromatic heterocycles. The van der Waals surface area contributed by atoms with Gasteiger partial charge in [0.05, 0.1) is 18.4 Å². The average Bonchev–Trinajstić information content (AvgIpc) is 2.88. The van der Waals surface area contributed by atoms with Crippen molar-refractivity contribution in [3.05, 3.63) is 53.9 Å². The van der Waals surface area contributed by atoms with E-state index in [4.69, 9.17) is 10.5 Å². The highest BCUT2D eigenvalue weighted by atomic mass is 16.5. The lowest BCUT2D eigenvalue weighted by molar-refractivity contribution is 0.0928. The second-order valence-corrected chi connectivity index (χ2v) is 4.74. The van der Waals surface area contributed by atoms with E-state index in [9.17, 15) is 4.79 Å². The quantitative estimate of drug-likeness (QED) is 0.883. The third-order valence-corrected chi connectivity index (χ3v) is 3.22. The first-order chi connectivity index (χ1) is 9.72. The predicted octanol–water partition coefficient (Wildman–Crippen LogP) is 1.40. The first-order valence-corrected chi connectivity index (χ1v) is 6.46. The molecule has 0 spiro atoms. The van der Waals surface area contributed by atoms with Gasteiger partial charge in [0.15, 0.2) is 0 Å². The molecule has 1 aliphatic rings. The number of benzene rings is 1. The zero-order valence-corrected chi connectivity index (χ0v) is 10.9. The molecule has 0 bridgehead atoms. The van der Waals surface area contributed by atoms with Crippen LogP contribution >= 0.6 is 0 Å². The molecule has 0 fully saturated rings. The SMILES string of the molecule is Nc1ccc(C(=O)NCC2Cc3ccccc3O2)nc1. The molecule has 0 saturated carbocycles. The number of hydrogen-bond donors (Lipinski definition) is 2. The van der Waals surface area contributed by atoms with Crippen molar-refractivity contribution in [2.45, 2.75) is 12.5 Å². The van der Waals surface area contributed by atoms with E-state index in [-0.39, 0.29) is 12.0 Å². The van der Waals surface area contributed by atoms with Gasteiger partial charge in [-0.1, -0.05) is 18.2 Å². The second-order valence-electron chi connectivity index (χ2n) is 4.74. The summed E-state index contributed by atoms with van der Waals surface area (Å²) in [5, 5.41) is 2.83. The number of para-hydroxylation sites is 1. The topological polar surface area (TPSA) is 77.2 Å². The van der Waals surface area contributed by atoms with Crippen LogP contribution in [-0.2, 0) is 6.42 Å². The Labute approximate surface area is 116 Å². The first-order valence-electron chi connectivity index (χ1n) is 6.46. The van der Waals surface area contributed by atoms with Crippen molar-refractivity contribution in [1.82, 2.24) is 10.3 Å². The summed E-state index contributed by atoms with van der Waals surface area (Å²) >= 11 is 0. The molecule has 20 heavy (non-hydrogen) atoms. The molecule has 1 aliphatic heterocycles. The van der Waals surface area contributed by atoms with E-state index in [1.54, 1.807) is 12.1 Å². The molecule has 5 nitrogen and oxygen atoms in total. The van der Waals surface area contributed by atoms with Crippen molar-refractivity contribution in [3.63, 3.8) is 0 Å². The highest BCUT2D eigenvalue weighted by molar-refractivity contribution is 5.92. The van der Waals surface area contributed by atoms with Crippen LogP contribution in [0.4, 0.5) is 5.69 Å². The minimum atomic E-state index is -0.218. The molecule has 1 unspecified atom stereocenters. The van der Waals surface area contributed by atoms with Crippen LogP contribution in [0, 0.1) is 0 Å². The molecule has 1 amide bonds.